The molecule has 3 N–H and O–H groups in total. The smallest absolute Gasteiger partial charge is 0.241 e. The van der Waals surface area contributed by atoms with Crippen LogP contribution in [0.15, 0.2) is 53.7 Å². The number of fused-ring (bicyclic) bond motifs is 1. The largest absolute Gasteiger partial charge is 0.493 e. The highest BCUT2D eigenvalue weighted by atomic mass is 35.5. The molecule has 8 nitrogen and oxygen atoms in total. The van der Waals surface area contributed by atoms with Gasteiger partial charge in [0, 0.05) is 28.3 Å². The Hall–Kier alpha value is -3.52. The maximum absolute atomic E-state index is 13.5. The van der Waals surface area contributed by atoms with Crippen molar-refractivity contribution < 1.29 is 14.3 Å². The number of hydrogen-bond donors (Lipinski definition) is 2. The summed E-state index contributed by atoms with van der Waals surface area (Å²) >= 11 is 6.52. The predicted molar refractivity (Wildman–Crippen MR) is 121 cm³/mol. The van der Waals surface area contributed by atoms with Crippen molar-refractivity contribution in [2.45, 2.75) is 24.8 Å². The molecule has 0 spiro atoms. The van der Waals surface area contributed by atoms with Crippen molar-refractivity contribution in [2.24, 2.45) is 0 Å². The Morgan fingerprint density at radius 2 is 1.91 bits per heavy atom. The summed E-state index contributed by atoms with van der Waals surface area (Å²) in [5, 5.41) is 8.19. The first-order valence-corrected chi connectivity index (χ1v) is 10.6. The van der Waals surface area contributed by atoms with Gasteiger partial charge < -0.3 is 20.5 Å². The van der Waals surface area contributed by atoms with E-state index in [9.17, 15) is 4.79 Å². The number of allylic oxidation sites excluding steroid dienone is 2. The average Bonchev–Trinajstić information content (AvgIpc) is 3.17. The third kappa shape index (κ3) is 3.27. The van der Waals surface area contributed by atoms with Crippen LogP contribution < -0.4 is 20.5 Å². The number of nitrogen functional groups attached to an aromatic ring is 1. The van der Waals surface area contributed by atoms with E-state index in [1.807, 2.05) is 36.4 Å². The van der Waals surface area contributed by atoms with Gasteiger partial charge in [0.1, 0.15) is 6.04 Å². The number of nitrogens with zero attached hydrogens (tertiary/aromatic N) is 3. The number of halogens is 1. The standard InChI is InChI=1S/C23H22ClN5O3/c1-31-18-8-7-12(11-19(18)32-2)13-9-16-20(17(30)10-13)21(14-5-3-4-6-15(14)24)29-23(26-16)27-22(25)28-29/h3-8,11,13,21H,9-10H2,1-2H3,(H3,25,26,27,28)/t13-,21+/m1/s1. The Kier molecular flexibility index (Phi) is 5.01. The lowest BCUT2D eigenvalue weighted by atomic mass is 9.78. The molecule has 0 radical (unpaired) electrons. The van der Waals surface area contributed by atoms with Crippen LogP contribution in [0.1, 0.15) is 35.9 Å². The molecule has 2 heterocycles. The minimum absolute atomic E-state index is 0.0210. The van der Waals surface area contributed by atoms with E-state index in [-0.39, 0.29) is 17.6 Å². The first-order valence-electron chi connectivity index (χ1n) is 10.2. The Balaban J connectivity index is 1.59. The first kappa shape index (κ1) is 20.4. The molecule has 9 heteroatoms. The number of ketones is 1. The summed E-state index contributed by atoms with van der Waals surface area (Å²) in [5.41, 5.74) is 9.14. The van der Waals surface area contributed by atoms with E-state index in [0.29, 0.717) is 40.9 Å². The van der Waals surface area contributed by atoms with Crippen LogP contribution in [0.25, 0.3) is 0 Å². The van der Waals surface area contributed by atoms with Gasteiger partial charge in [-0.15, -0.1) is 5.10 Å². The van der Waals surface area contributed by atoms with E-state index in [1.54, 1.807) is 25.0 Å². The molecule has 2 aromatic carbocycles. The Bertz CT molecular complexity index is 1250. The van der Waals surface area contributed by atoms with E-state index in [0.717, 1.165) is 16.8 Å². The molecule has 3 aromatic rings. The molecule has 0 unspecified atom stereocenters. The Morgan fingerprint density at radius 3 is 2.66 bits per heavy atom. The van der Waals surface area contributed by atoms with Crippen molar-refractivity contribution in [1.29, 1.82) is 0 Å². The summed E-state index contributed by atoms with van der Waals surface area (Å²) in [4.78, 5) is 17.8. The second kappa shape index (κ2) is 7.87. The molecule has 0 fully saturated rings. The SMILES string of the molecule is COc1ccc([C@H]2CC(=O)C3=C(C2)Nc2nc(N)nn2[C@H]3c2ccccc2Cl)cc1OC. The van der Waals surface area contributed by atoms with Crippen LogP contribution in [-0.4, -0.2) is 34.8 Å². The van der Waals surface area contributed by atoms with Crippen LogP contribution in [0.2, 0.25) is 5.02 Å². The first-order chi connectivity index (χ1) is 15.5. The summed E-state index contributed by atoms with van der Waals surface area (Å²) in [5.74, 6) is 1.92. The van der Waals surface area contributed by atoms with Gasteiger partial charge in [-0.1, -0.05) is 35.9 Å². The topological polar surface area (TPSA) is 104 Å². The quantitative estimate of drug-likeness (QED) is 0.618. The number of rotatable bonds is 4. The van der Waals surface area contributed by atoms with Crippen LogP contribution >= 0.6 is 11.6 Å². The van der Waals surface area contributed by atoms with Crippen LogP contribution in [0, 0.1) is 0 Å². The lowest BCUT2D eigenvalue weighted by Gasteiger charge is -2.35. The number of nitrogens with one attached hydrogen (secondary N) is 1. The molecule has 1 aromatic heterocycles. The lowest BCUT2D eigenvalue weighted by molar-refractivity contribution is -0.116. The highest BCUT2D eigenvalue weighted by Gasteiger charge is 2.40. The number of carbonyl (C=O) groups is 1. The second-order valence-electron chi connectivity index (χ2n) is 7.82. The number of ether oxygens (including phenoxy) is 2. The molecule has 2 aliphatic rings. The summed E-state index contributed by atoms with van der Waals surface area (Å²) in [6, 6.07) is 12.7. The minimum Gasteiger partial charge on any atom is -0.493 e. The Labute approximate surface area is 190 Å². The van der Waals surface area contributed by atoms with Crippen molar-refractivity contribution >= 4 is 29.3 Å². The van der Waals surface area contributed by atoms with E-state index in [4.69, 9.17) is 26.8 Å². The number of aromatic nitrogens is 3. The summed E-state index contributed by atoms with van der Waals surface area (Å²) < 4.78 is 12.4. The fraction of sp³-hybridized carbons (Fsp3) is 0.261. The van der Waals surface area contributed by atoms with E-state index in [1.165, 1.54) is 0 Å². The molecule has 0 saturated carbocycles. The maximum atomic E-state index is 13.5. The number of Topliss-reactive ketones (excluding diaryl/α,β-unsaturated/α-hetero) is 1. The zero-order valence-corrected chi connectivity index (χ0v) is 18.4. The molecular formula is C23H22ClN5O3. The maximum Gasteiger partial charge on any atom is 0.241 e. The summed E-state index contributed by atoms with van der Waals surface area (Å²) in [6.07, 6.45) is 0.987. The molecule has 164 valence electrons. The van der Waals surface area contributed by atoms with Gasteiger partial charge in [-0.2, -0.15) is 4.98 Å². The van der Waals surface area contributed by atoms with Crippen LogP contribution in [-0.2, 0) is 4.79 Å². The lowest BCUT2D eigenvalue weighted by Crippen LogP contribution is -2.33. The summed E-state index contributed by atoms with van der Waals surface area (Å²) in [6.45, 7) is 0. The number of nitrogens with two attached hydrogens (primary N) is 1. The molecule has 0 bridgehead atoms. The molecule has 5 rings (SSSR count). The van der Waals surface area contributed by atoms with Gasteiger partial charge >= 0.3 is 0 Å². The molecule has 0 saturated heterocycles. The second-order valence-corrected chi connectivity index (χ2v) is 8.23. The van der Waals surface area contributed by atoms with E-state index in [2.05, 4.69) is 15.4 Å². The number of methoxy groups -OCH3 is 2. The molecule has 1 aliphatic heterocycles. The number of benzene rings is 2. The van der Waals surface area contributed by atoms with Gasteiger partial charge in [0.25, 0.3) is 0 Å². The van der Waals surface area contributed by atoms with E-state index < -0.39 is 6.04 Å². The van der Waals surface area contributed by atoms with Crippen molar-refractivity contribution in [3.63, 3.8) is 0 Å². The summed E-state index contributed by atoms with van der Waals surface area (Å²) in [7, 11) is 3.20. The fourth-order valence-corrected chi connectivity index (χ4v) is 4.79. The van der Waals surface area contributed by atoms with Crippen molar-refractivity contribution in [1.82, 2.24) is 14.8 Å². The van der Waals surface area contributed by atoms with Crippen molar-refractivity contribution in [3.05, 3.63) is 69.9 Å². The highest BCUT2D eigenvalue weighted by molar-refractivity contribution is 6.31. The monoisotopic (exact) mass is 451 g/mol. The molecule has 0 amide bonds. The van der Waals surface area contributed by atoms with E-state index >= 15 is 0 Å². The van der Waals surface area contributed by atoms with Crippen LogP contribution in [0.5, 0.6) is 11.5 Å². The average molecular weight is 452 g/mol. The zero-order chi connectivity index (χ0) is 22.4. The number of hydrogen-bond acceptors (Lipinski definition) is 7. The molecular weight excluding hydrogens is 430 g/mol. The number of carbonyl (C=O) groups excluding carboxylic acids is 1. The van der Waals surface area contributed by atoms with Gasteiger partial charge in [-0.3, -0.25) is 4.79 Å². The fourth-order valence-electron chi connectivity index (χ4n) is 4.56. The normalized spacial score (nSPS) is 19.8. The van der Waals surface area contributed by atoms with Crippen LogP contribution in [0.3, 0.4) is 0 Å². The third-order valence-corrected chi connectivity index (χ3v) is 6.36. The van der Waals surface area contributed by atoms with Gasteiger partial charge in [0.15, 0.2) is 17.3 Å². The number of anilines is 2. The van der Waals surface area contributed by atoms with Crippen molar-refractivity contribution in [2.75, 3.05) is 25.3 Å². The van der Waals surface area contributed by atoms with Gasteiger partial charge in [0.05, 0.1) is 14.2 Å². The predicted octanol–water partition coefficient (Wildman–Crippen LogP) is 3.95. The highest BCUT2D eigenvalue weighted by Crippen LogP contribution is 2.46. The van der Waals surface area contributed by atoms with Crippen LogP contribution in [0.4, 0.5) is 11.9 Å². The molecule has 32 heavy (non-hydrogen) atoms. The Morgan fingerprint density at radius 1 is 1.12 bits per heavy atom. The zero-order valence-electron chi connectivity index (χ0n) is 17.6. The van der Waals surface area contributed by atoms with Crippen molar-refractivity contribution in [3.8, 4) is 11.5 Å². The van der Waals surface area contributed by atoms with Gasteiger partial charge in [-0.05, 0) is 36.1 Å². The third-order valence-electron chi connectivity index (χ3n) is 6.02. The minimum atomic E-state index is -0.487. The molecule has 2 atom stereocenters. The van der Waals surface area contributed by atoms with Gasteiger partial charge in [-0.25, -0.2) is 4.68 Å². The van der Waals surface area contributed by atoms with Gasteiger partial charge in [0.2, 0.25) is 11.9 Å². The molecule has 1 aliphatic carbocycles.